The Hall–Kier alpha value is -2.11. The van der Waals surface area contributed by atoms with Crippen LogP contribution < -0.4 is 9.47 Å². The van der Waals surface area contributed by atoms with E-state index < -0.39 is 0 Å². The first-order valence-electron chi connectivity index (χ1n) is 7.99. The van der Waals surface area contributed by atoms with Crippen LogP contribution in [0.15, 0.2) is 42.5 Å². The summed E-state index contributed by atoms with van der Waals surface area (Å²) in [6, 6.07) is 12.9. The van der Waals surface area contributed by atoms with Crippen LogP contribution in [-0.2, 0) is 6.54 Å². The zero-order valence-electron chi connectivity index (χ0n) is 13.9. The van der Waals surface area contributed by atoms with Crippen molar-refractivity contribution in [3.63, 3.8) is 0 Å². The quantitative estimate of drug-likeness (QED) is 0.914. The summed E-state index contributed by atoms with van der Waals surface area (Å²) >= 11 is 0. The largest absolute Gasteiger partial charge is 0.497 e. The van der Waals surface area contributed by atoms with Crippen LogP contribution in [0, 0.1) is 5.82 Å². The van der Waals surface area contributed by atoms with Gasteiger partial charge in [0.2, 0.25) is 0 Å². The lowest BCUT2D eigenvalue weighted by Gasteiger charge is -2.25. The monoisotopic (exact) mass is 331 g/mol. The minimum Gasteiger partial charge on any atom is -0.497 e. The molecular formula is C19H22FNO3. The highest BCUT2D eigenvalue weighted by atomic mass is 19.1. The number of aliphatic hydroxyl groups is 1. The summed E-state index contributed by atoms with van der Waals surface area (Å²) in [6.07, 6.45) is 0.274. The third-order valence-electron chi connectivity index (χ3n) is 4.46. The zero-order valence-corrected chi connectivity index (χ0v) is 13.9. The summed E-state index contributed by atoms with van der Waals surface area (Å²) in [4.78, 5) is 2.17. The normalized spacial score (nSPS) is 21.0. The lowest BCUT2D eigenvalue weighted by Crippen LogP contribution is -2.24. The van der Waals surface area contributed by atoms with Gasteiger partial charge in [0, 0.05) is 19.1 Å². The summed E-state index contributed by atoms with van der Waals surface area (Å²) in [5.74, 6) is 0.668. The van der Waals surface area contributed by atoms with Gasteiger partial charge in [-0.25, -0.2) is 4.39 Å². The van der Waals surface area contributed by atoms with Crippen molar-refractivity contribution in [2.24, 2.45) is 0 Å². The van der Waals surface area contributed by atoms with Crippen LogP contribution in [0.1, 0.15) is 23.6 Å². The predicted molar refractivity (Wildman–Crippen MR) is 89.7 cm³/mol. The van der Waals surface area contributed by atoms with Crippen molar-refractivity contribution in [2.45, 2.75) is 25.1 Å². The zero-order chi connectivity index (χ0) is 17.1. The van der Waals surface area contributed by atoms with Gasteiger partial charge in [0.15, 0.2) is 11.6 Å². The number of rotatable bonds is 5. The summed E-state index contributed by atoms with van der Waals surface area (Å²) < 4.78 is 24.2. The molecule has 3 rings (SSSR count). The van der Waals surface area contributed by atoms with Gasteiger partial charge < -0.3 is 14.6 Å². The van der Waals surface area contributed by atoms with E-state index in [1.54, 1.807) is 13.2 Å². The number of hydrogen-bond donors (Lipinski definition) is 1. The van der Waals surface area contributed by atoms with Crippen molar-refractivity contribution < 1.29 is 19.0 Å². The molecule has 0 saturated carbocycles. The van der Waals surface area contributed by atoms with E-state index in [0.29, 0.717) is 19.5 Å². The lowest BCUT2D eigenvalue weighted by atomic mass is 10.0. The van der Waals surface area contributed by atoms with Crippen molar-refractivity contribution in [1.29, 1.82) is 0 Å². The molecule has 0 amide bonds. The van der Waals surface area contributed by atoms with Gasteiger partial charge in [0.1, 0.15) is 5.75 Å². The number of likely N-dealkylation sites (tertiary alicyclic amines) is 1. The van der Waals surface area contributed by atoms with Gasteiger partial charge in [-0.15, -0.1) is 0 Å². The molecule has 1 N–H and O–H groups in total. The number of aliphatic hydroxyl groups excluding tert-OH is 1. The molecule has 0 radical (unpaired) electrons. The van der Waals surface area contributed by atoms with Gasteiger partial charge in [-0.1, -0.05) is 18.2 Å². The van der Waals surface area contributed by atoms with Crippen molar-refractivity contribution in [1.82, 2.24) is 4.90 Å². The molecular weight excluding hydrogens is 309 g/mol. The molecule has 2 unspecified atom stereocenters. The number of halogens is 1. The Kier molecular flexibility index (Phi) is 5.02. The van der Waals surface area contributed by atoms with Crippen molar-refractivity contribution >= 4 is 0 Å². The highest BCUT2D eigenvalue weighted by Crippen LogP contribution is 2.35. The Bertz CT molecular complexity index is 707. The maximum absolute atomic E-state index is 13.9. The van der Waals surface area contributed by atoms with E-state index in [9.17, 15) is 9.50 Å². The third kappa shape index (κ3) is 3.52. The fraction of sp³-hybridized carbons (Fsp3) is 0.368. The average molecular weight is 331 g/mol. The summed E-state index contributed by atoms with van der Waals surface area (Å²) in [7, 11) is 3.09. The number of ether oxygens (including phenoxy) is 2. The second kappa shape index (κ2) is 7.20. The van der Waals surface area contributed by atoms with Crippen molar-refractivity contribution in [3.05, 3.63) is 59.4 Å². The molecule has 2 aromatic carbocycles. The minimum atomic E-state index is -0.385. The first kappa shape index (κ1) is 16.7. The Morgan fingerprint density at radius 1 is 1.17 bits per heavy atom. The van der Waals surface area contributed by atoms with Gasteiger partial charge >= 0.3 is 0 Å². The summed E-state index contributed by atoms with van der Waals surface area (Å²) in [5, 5.41) is 10.1. The number of hydrogen-bond acceptors (Lipinski definition) is 4. The molecule has 2 aromatic rings. The minimum absolute atomic E-state index is 0.0836. The standard InChI is InChI=1S/C19H22FNO3/c1-23-16-5-3-4-14(9-16)18-10-15(22)12-21(18)11-13-6-7-19(24-2)17(20)8-13/h3-9,15,18,22H,10-12H2,1-2H3. The van der Waals surface area contributed by atoms with E-state index in [0.717, 1.165) is 16.9 Å². The highest BCUT2D eigenvalue weighted by Gasteiger charge is 2.32. The third-order valence-corrected chi connectivity index (χ3v) is 4.46. The first-order valence-corrected chi connectivity index (χ1v) is 7.99. The Labute approximate surface area is 141 Å². The van der Waals surface area contributed by atoms with Crippen LogP contribution in [0.2, 0.25) is 0 Å². The predicted octanol–water partition coefficient (Wildman–Crippen LogP) is 3.15. The molecule has 0 aromatic heterocycles. The Morgan fingerprint density at radius 3 is 2.71 bits per heavy atom. The van der Waals surface area contributed by atoms with Crippen LogP contribution in [0.3, 0.4) is 0 Å². The Morgan fingerprint density at radius 2 is 2.00 bits per heavy atom. The molecule has 1 fully saturated rings. The fourth-order valence-corrected chi connectivity index (χ4v) is 3.29. The number of methoxy groups -OCH3 is 2. The van der Waals surface area contributed by atoms with Crippen LogP contribution >= 0.6 is 0 Å². The second-order valence-electron chi connectivity index (χ2n) is 6.08. The maximum atomic E-state index is 13.9. The number of benzene rings is 2. The van der Waals surface area contributed by atoms with Gasteiger partial charge in [0.05, 0.1) is 20.3 Å². The van der Waals surface area contributed by atoms with E-state index in [1.807, 2.05) is 30.3 Å². The smallest absolute Gasteiger partial charge is 0.165 e. The van der Waals surface area contributed by atoms with Crippen LogP contribution in [-0.4, -0.2) is 36.9 Å². The second-order valence-corrected chi connectivity index (χ2v) is 6.08. The molecule has 4 nitrogen and oxygen atoms in total. The molecule has 24 heavy (non-hydrogen) atoms. The van der Waals surface area contributed by atoms with Gasteiger partial charge in [-0.2, -0.15) is 0 Å². The van der Waals surface area contributed by atoms with Crippen LogP contribution in [0.4, 0.5) is 4.39 Å². The maximum Gasteiger partial charge on any atom is 0.165 e. The van der Waals surface area contributed by atoms with E-state index in [-0.39, 0.29) is 23.7 Å². The van der Waals surface area contributed by atoms with E-state index in [1.165, 1.54) is 13.2 Å². The van der Waals surface area contributed by atoms with E-state index in [2.05, 4.69) is 4.90 Å². The number of nitrogens with zero attached hydrogens (tertiary/aromatic N) is 1. The molecule has 128 valence electrons. The molecule has 1 aliphatic heterocycles. The number of β-amino-alcohol motifs (C(OH)–C–C–N with tert-alkyl or cyclic N) is 1. The summed E-state index contributed by atoms with van der Waals surface area (Å²) in [5.41, 5.74) is 1.95. The van der Waals surface area contributed by atoms with Gasteiger partial charge in [0.25, 0.3) is 0 Å². The molecule has 2 atom stereocenters. The lowest BCUT2D eigenvalue weighted by molar-refractivity contribution is 0.172. The highest BCUT2D eigenvalue weighted by molar-refractivity contribution is 5.32. The molecule has 1 heterocycles. The molecule has 1 aliphatic rings. The molecule has 1 saturated heterocycles. The Balaban J connectivity index is 1.81. The molecule has 5 heteroatoms. The first-order chi connectivity index (χ1) is 11.6. The van der Waals surface area contributed by atoms with Gasteiger partial charge in [-0.3, -0.25) is 4.90 Å². The van der Waals surface area contributed by atoms with Gasteiger partial charge in [-0.05, 0) is 41.8 Å². The van der Waals surface area contributed by atoms with Crippen LogP contribution in [0.25, 0.3) is 0 Å². The molecule has 0 spiro atoms. The molecule has 0 bridgehead atoms. The van der Waals surface area contributed by atoms with E-state index >= 15 is 0 Å². The van der Waals surface area contributed by atoms with Crippen molar-refractivity contribution in [2.75, 3.05) is 20.8 Å². The SMILES string of the molecule is COc1cccc(C2CC(O)CN2Cc2ccc(OC)c(F)c2)c1. The molecule has 0 aliphatic carbocycles. The van der Waals surface area contributed by atoms with Crippen molar-refractivity contribution in [3.8, 4) is 11.5 Å². The topological polar surface area (TPSA) is 41.9 Å². The average Bonchev–Trinajstić information content (AvgIpc) is 2.95. The fourth-order valence-electron chi connectivity index (χ4n) is 3.29. The summed E-state index contributed by atoms with van der Waals surface area (Å²) in [6.45, 7) is 1.13. The van der Waals surface area contributed by atoms with E-state index in [4.69, 9.17) is 9.47 Å². The van der Waals surface area contributed by atoms with Crippen LogP contribution in [0.5, 0.6) is 11.5 Å².